The second-order valence-electron chi connectivity index (χ2n) is 14.2. The van der Waals surface area contributed by atoms with Gasteiger partial charge in [-0.15, -0.1) is 0 Å². The molecule has 1 saturated heterocycles. The Labute approximate surface area is 322 Å². The van der Waals surface area contributed by atoms with Crippen molar-refractivity contribution in [2.75, 3.05) is 23.7 Å². The van der Waals surface area contributed by atoms with Gasteiger partial charge in [0.2, 0.25) is 6.43 Å². The van der Waals surface area contributed by atoms with Crippen molar-refractivity contribution in [1.29, 1.82) is 0 Å². The number of rotatable bonds is 14. The molecule has 4 heterocycles. The summed E-state index contributed by atoms with van der Waals surface area (Å²) in [5.74, 6) is -0.934. The molecule has 0 spiro atoms. The minimum Gasteiger partial charge on any atom is -0.401 e. The number of nitrogens with zero attached hydrogens (tertiary/aromatic N) is 6. The summed E-state index contributed by atoms with van der Waals surface area (Å²) < 4.78 is 76.0. The fourth-order valence-corrected chi connectivity index (χ4v) is 7.90. The Morgan fingerprint density at radius 2 is 1.59 bits per heavy atom. The number of piperidine rings is 1. The molecular formula is C40H42F3N8O4P. The second kappa shape index (κ2) is 16.4. The number of hydrogen-bond donors (Lipinski definition) is 2. The van der Waals surface area contributed by atoms with Crippen LogP contribution in [0.2, 0.25) is 0 Å². The summed E-state index contributed by atoms with van der Waals surface area (Å²) >= 11 is 0. The van der Waals surface area contributed by atoms with Crippen molar-refractivity contribution in [2.24, 2.45) is 5.73 Å². The Hall–Kier alpha value is -5.34. The van der Waals surface area contributed by atoms with Crippen molar-refractivity contribution >= 4 is 30.5 Å². The van der Waals surface area contributed by atoms with Gasteiger partial charge in [-0.3, -0.25) is 14.0 Å². The van der Waals surface area contributed by atoms with Gasteiger partial charge in [0.1, 0.15) is 11.8 Å². The van der Waals surface area contributed by atoms with Gasteiger partial charge in [-0.1, -0.05) is 59.7 Å². The highest BCUT2D eigenvalue weighted by Crippen LogP contribution is 2.51. The zero-order chi connectivity index (χ0) is 39.5. The number of halogens is 3. The molecule has 3 aromatic carbocycles. The minimum absolute atomic E-state index is 0.0978. The van der Waals surface area contributed by atoms with E-state index in [2.05, 4.69) is 19.9 Å². The van der Waals surface area contributed by atoms with Crippen molar-refractivity contribution in [3.63, 3.8) is 0 Å². The van der Waals surface area contributed by atoms with Crippen molar-refractivity contribution in [1.82, 2.24) is 24.5 Å². The highest BCUT2D eigenvalue weighted by Gasteiger charge is 2.35. The molecule has 56 heavy (non-hydrogen) atoms. The first-order valence-corrected chi connectivity index (χ1v) is 19.5. The monoisotopic (exact) mass is 786 g/mol. The second-order valence-corrected chi connectivity index (χ2v) is 15.8. The van der Waals surface area contributed by atoms with E-state index in [1.807, 2.05) is 67.3 Å². The minimum atomic E-state index is -4.36. The van der Waals surface area contributed by atoms with E-state index in [0.29, 0.717) is 47.5 Å². The largest absolute Gasteiger partial charge is 0.530 e. The number of aryl methyl sites for hydroxylation is 2. The first-order chi connectivity index (χ1) is 26.8. The third kappa shape index (κ3) is 9.19. The highest BCUT2D eigenvalue weighted by atomic mass is 31.2. The first kappa shape index (κ1) is 38.9. The zero-order valence-electron chi connectivity index (χ0n) is 30.9. The Bertz CT molecular complexity index is 2310. The van der Waals surface area contributed by atoms with Gasteiger partial charge in [0.15, 0.2) is 23.0 Å². The number of nitrogen functional groups attached to an aromatic ring is 1. The molecular weight excluding hydrogens is 744 g/mol. The standard InChI is InChI=1S/C40H42F3N8O4P/c1-26-4-8-28(9-5-26)21-53-56(52,54-22-29-10-6-27(2)7-11-29)55-35-13-12-30(16-32(35)41)33-17-31(20-51-25-49-37-38(44)47-24-48-39(37)51)34(19-46-33)50-15-3-14-40(45,23-50)18-36(42)43/h4-13,16-17,19,24-25,36H,3,14-15,18,20-23,45H2,1-2H3,(H2,44,47,48)/t40-/m0/s1. The van der Waals surface area contributed by atoms with E-state index in [1.54, 1.807) is 29.2 Å². The lowest BCUT2D eigenvalue weighted by molar-refractivity contribution is 0.0983. The predicted molar refractivity (Wildman–Crippen MR) is 208 cm³/mol. The maximum atomic E-state index is 16.0. The van der Waals surface area contributed by atoms with Gasteiger partial charge in [-0.05, 0) is 67.6 Å². The zero-order valence-corrected chi connectivity index (χ0v) is 31.8. The normalized spacial score (nSPS) is 16.2. The number of anilines is 2. The third-order valence-electron chi connectivity index (χ3n) is 9.70. The van der Waals surface area contributed by atoms with Crippen LogP contribution in [0.1, 0.15) is 47.1 Å². The lowest BCUT2D eigenvalue weighted by Crippen LogP contribution is -2.55. The summed E-state index contributed by atoms with van der Waals surface area (Å²) in [5, 5.41) is 0. The summed E-state index contributed by atoms with van der Waals surface area (Å²) in [5.41, 5.74) is 18.1. The van der Waals surface area contributed by atoms with Gasteiger partial charge in [0.05, 0.1) is 43.7 Å². The number of fused-ring (bicyclic) bond motifs is 1. The van der Waals surface area contributed by atoms with Gasteiger partial charge < -0.3 is 25.5 Å². The van der Waals surface area contributed by atoms with Crippen LogP contribution in [-0.2, 0) is 33.4 Å². The molecule has 0 saturated carbocycles. The number of pyridine rings is 1. The number of nitrogens with two attached hydrogens (primary N) is 2. The lowest BCUT2D eigenvalue weighted by atomic mass is 9.86. The molecule has 1 aliphatic heterocycles. The average molecular weight is 787 g/mol. The summed E-state index contributed by atoms with van der Waals surface area (Å²) in [6.07, 6.45) is 2.67. The van der Waals surface area contributed by atoms with Crippen LogP contribution in [0.4, 0.5) is 24.7 Å². The van der Waals surface area contributed by atoms with Gasteiger partial charge in [0, 0.05) is 30.6 Å². The number of phosphoric ester groups is 1. The molecule has 0 bridgehead atoms. The van der Waals surface area contributed by atoms with Crippen LogP contribution in [0.25, 0.3) is 22.4 Å². The SMILES string of the molecule is Cc1ccc(COP(=O)(OCc2ccc(C)cc2)Oc2ccc(-c3cc(Cn4cnc5c(N)ncnc54)c(N4CCC[C@](N)(CC(F)F)C4)cn3)cc2F)cc1. The van der Waals surface area contributed by atoms with Gasteiger partial charge in [-0.2, -0.15) is 0 Å². The molecule has 292 valence electrons. The molecule has 1 atom stereocenters. The molecule has 0 aliphatic carbocycles. The van der Waals surface area contributed by atoms with Crippen molar-refractivity contribution in [2.45, 2.75) is 64.8 Å². The van der Waals surface area contributed by atoms with Gasteiger partial charge >= 0.3 is 7.82 Å². The predicted octanol–water partition coefficient (Wildman–Crippen LogP) is 8.15. The van der Waals surface area contributed by atoms with E-state index in [-0.39, 0.29) is 37.9 Å². The van der Waals surface area contributed by atoms with Gasteiger partial charge in [-0.25, -0.2) is 32.7 Å². The average Bonchev–Trinajstić information content (AvgIpc) is 3.58. The van der Waals surface area contributed by atoms with Crippen molar-refractivity contribution < 1.29 is 31.3 Å². The number of hydrogen-bond acceptors (Lipinski definition) is 11. The van der Waals surface area contributed by atoms with Crippen LogP contribution >= 0.6 is 7.82 Å². The number of benzene rings is 3. The van der Waals surface area contributed by atoms with Crippen LogP contribution in [0.15, 0.2) is 91.6 Å². The molecule has 0 radical (unpaired) electrons. The highest BCUT2D eigenvalue weighted by molar-refractivity contribution is 7.48. The number of imidazole rings is 1. The lowest BCUT2D eigenvalue weighted by Gasteiger charge is -2.42. The fourth-order valence-electron chi connectivity index (χ4n) is 6.72. The summed E-state index contributed by atoms with van der Waals surface area (Å²) in [6.45, 7) is 4.72. The molecule has 0 amide bonds. The van der Waals surface area contributed by atoms with E-state index in [9.17, 15) is 13.3 Å². The summed E-state index contributed by atoms with van der Waals surface area (Å²) in [7, 11) is -4.36. The Kier molecular flexibility index (Phi) is 11.4. The molecule has 0 unspecified atom stereocenters. The quantitative estimate of drug-likeness (QED) is 0.103. The van der Waals surface area contributed by atoms with E-state index in [0.717, 1.165) is 27.8 Å². The third-order valence-corrected chi connectivity index (χ3v) is 11.0. The van der Waals surface area contributed by atoms with Crippen molar-refractivity contribution in [3.8, 4) is 17.0 Å². The number of alkyl halides is 2. The Morgan fingerprint density at radius 3 is 2.23 bits per heavy atom. The molecule has 6 aromatic rings. The van der Waals surface area contributed by atoms with Crippen LogP contribution < -0.4 is 20.9 Å². The topological polar surface area (TPSA) is 157 Å². The maximum Gasteiger partial charge on any atom is 0.530 e. The molecule has 1 fully saturated rings. The first-order valence-electron chi connectivity index (χ1n) is 18.1. The van der Waals surface area contributed by atoms with Crippen LogP contribution in [-0.4, -0.2) is 49.6 Å². The molecule has 3 aromatic heterocycles. The number of aromatic nitrogens is 5. The Balaban J connectivity index is 1.18. The summed E-state index contributed by atoms with van der Waals surface area (Å²) in [6, 6.07) is 20.9. The van der Waals surface area contributed by atoms with E-state index in [1.165, 1.54) is 18.5 Å². The maximum absolute atomic E-state index is 16.0. The van der Waals surface area contributed by atoms with Crippen LogP contribution in [0.3, 0.4) is 0 Å². The molecule has 1 aliphatic rings. The summed E-state index contributed by atoms with van der Waals surface area (Å²) in [4.78, 5) is 19.4. The molecule has 12 nitrogen and oxygen atoms in total. The van der Waals surface area contributed by atoms with Crippen molar-refractivity contribution in [3.05, 3.63) is 125 Å². The molecule has 4 N–H and O–H groups in total. The molecule has 7 rings (SSSR count). The van der Waals surface area contributed by atoms with Crippen LogP contribution in [0.5, 0.6) is 5.75 Å². The smallest absolute Gasteiger partial charge is 0.401 e. The van der Waals surface area contributed by atoms with Crippen LogP contribution in [0, 0.1) is 19.7 Å². The molecule has 16 heteroatoms. The van der Waals surface area contributed by atoms with Gasteiger partial charge in [0.25, 0.3) is 0 Å². The fraction of sp³-hybridized carbons (Fsp3) is 0.300. The van der Waals surface area contributed by atoms with E-state index >= 15 is 4.39 Å². The number of phosphoric acid groups is 1. The van der Waals surface area contributed by atoms with E-state index in [4.69, 9.17) is 25.0 Å². The van der Waals surface area contributed by atoms with E-state index < -0.39 is 32.0 Å². The Morgan fingerprint density at radius 1 is 0.911 bits per heavy atom.